The number of halogens is 1. The zero-order valence-corrected chi connectivity index (χ0v) is 20.7. The number of aromatic nitrogens is 5. The number of aromatic amines is 2. The number of nitrogens with one attached hydrogen (secondary N) is 2. The molecule has 6 rings (SSSR count). The van der Waals surface area contributed by atoms with E-state index >= 15 is 0 Å². The van der Waals surface area contributed by atoms with Crippen LogP contribution < -0.4 is 16.8 Å². The number of hydrogen-bond donors (Lipinski definition) is 3. The molecule has 0 bridgehead atoms. The third-order valence-electron chi connectivity index (χ3n) is 6.86. The predicted octanol–water partition coefficient (Wildman–Crippen LogP) is 3.51. The molecule has 6 aromatic rings. The summed E-state index contributed by atoms with van der Waals surface area (Å²) in [4.78, 5) is 48.8. The van der Waals surface area contributed by atoms with Gasteiger partial charge >= 0.3 is 5.69 Å². The average Bonchev–Trinajstić information content (AvgIpc) is 3.31. The molecule has 190 valence electrons. The normalized spacial score (nSPS) is 12.1. The summed E-state index contributed by atoms with van der Waals surface area (Å²) < 4.78 is 16.9. The average molecular weight is 512 g/mol. The molecule has 0 saturated carbocycles. The second-order valence-electron chi connectivity index (χ2n) is 9.73. The molecule has 38 heavy (non-hydrogen) atoms. The fourth-order valence-electron chi connectivity index (χ4n) is 4.90. The minimum Gasteiger partial charge on any atom is -0.386 e. The summed E-state index contributed by atoms with van der Waals surface area (Å²) in [5.41, 5.74) is 0.992. The van der Waals surface area contributed by atoms with Crippen LogP contribution in [0.4, 0.5) is 4.39 Å². The lowest BCUT2D eigenvalue weighted by atomic mass is 9.98. The first kappa shape index (κ1) is 23.6. The smallest absolute Gasteiger partial charge is 0.333 e. The highest BCUT2D eigenvalue weighted by molar-refractivity contribution is 5.83. The second kappa shape index (κ2) is 8.09. The van der Waals surface area contributed by atoms with Crippen LogP contribution in [0.25, 0.3) is 44.5 Å². The quantitative estimate of drug-likeness (QED) is 0.335. The Kier molecular flexibility index (Phi) is 5.01. The molecule has 0 atom stereocenters. The van der Waals surface area contributed by atoms with E-state index in [0.717, 1.165) is 4.57 Å². The van der Waals surface area contributed by atoms with Crippen molar-refractivity contribution in [2.24, 2.45) is 0 Å². The standard InChI is InChI=1S/C28H22FN5O4/c1-14-16(6-5-9-20(14)34-26(36)17-7-4-8-18(29)23(17)32-27(34)37)22-13-30-24-25(35)31-19-12-15(28(2,3)38)10-11-21(19)33(22)24/h4-13,38H,1-3H3,(H,31,35)(H,32,37). The second-order valence-corrected chi connectivity index (χ2v) is 9.73. The van der Waals surface area contributed by atoms with Gasteiger partial charge in [-0.3, -0.25) is 14.0 Å². The van der Waals surface area contributed by atoms with Gasteiger partial charge in [0.1, 0.15) is 5.82 Å². The molecule has 9 nitrogen and oxygen atoms in total. The van der Waals surface area contributed by atoms with Gasteiger partial charge in [-0.1, -0.05) is 24.3 Å². The van der Waals surface area contributed by atoms with Crippen LogP contribution >= 0.6 is 0 Å². The fourth-order valence-corrected chi connectivity index (χ4v) is 4.90. The van der Waals surface area contributed by atoms with Gasteiger partial charge in [-0.15, -0.1) is 0 Å². The van der Waals surface area contributed by atoms with Crippen LogP contribution in [-0.2, 0) is 5.60 Å². The maximum Gasteiger partial charge on any atom is 0.333 e. The molecule has 3 N–H and O–H groups in total. The van der Waals surface area contributed by atoms with Crippen molar-refractivity contribution < 1.29 is 9.50 Å². The molecule has 0 spiro atoms. The van der Waals surface area contributed by atoms with Gasteiger partial charge in [0.05, 0.1) is 45.1 Å². The summed E-state index contributed by atoms with van der Waals surface area (Å²) in [6, 6.07) is 14.5. The van der Waals surface area contributed by atoms with Gasteiger partial charge in [0.15, 0.2) is 0 Å². The molecule has 0 aliphatic rings. The summed E-state index contributed by atoms with van der Waals surface area (Å²) in [6.07, 6.45) is 1.56. The number of H-pyrrole nitrogens is 2. The number of para-hydroxylation sites is 1. The van der Waals surface area contributed by atoms with Crippen LogP contribution in [0.5, 0.6) is 0 Å². The van der Waals surface area contributed by atoms with Crippen molar-refractivity contribution in [1.29, 1.82) is 0 Å². The summed E-state index contributed by atoms with van der Waals surface area (Å²) in [5, 5.41) is 10.5. The zero-order chi connectivity index (χ0) is 26.9. The molecular formula is C28H22FN5O4. The van der Waals surface area contributed by atoms with Crippen LogP contribution in [0.1, 0.15) is 25.0 Å². The molecule has 10 heteroatoms. The Balaban J connectivity index is 1.63. The Morgan fingerprint density at radius 2 is 1.76 bits per heavy atom. The monoisotopic (exact) mass is 511 g/mol. The van der Waals surface area contributed by atoms with Crippen molar-refractivity contribution in [3.63, 3.8) is 0 Å². The van der Waals surface area contributed by atoms with Crippen LogP contribution in [0.3, 0.4) is 0 Å². The van der Waals surface area contributed by atoms with Gasteiger partial charge in [-0.05, 0) is 62.2 Å². The first-order chi connectivity index (χ1) is 18.1. The number of hydrogen-bond acceptors (Lipinski definition) is 5. The van der Waals surface area contributed by atoms with Gasteiger partial charge in [0.2, 0.25) is 5.65 Å². The van der Waals surface area contributed by atoms with Crippen LogP contribution in [0.2, 0.25) is 0 Å². The Bertz CT molecular complexity index is 2110. The molecule has 3 aromatic heterocycles. The Morgan fingerprint density at radius 3 is 2.53 bits per heavy atom. The van der Waals surface area contributed by atoms with Gasteiger partial charge in [0, 0.05) is 5.56 Å². The van der Waals surface area contributed by atoms with E-state index in [1.165, 1.54) is 18.2 Å². The molecule has 0 aliphatic heterocycles. The van der Waals surface area contributed by atoms with E-state index < -0.39 is 28.2 Å². The van der Waals surface area contributed by atoms with Crippen molar-refractivity contribution in [1.82, 2.24) is 23.9 Å². The summed E-state index contributed by atoms with van der Waals surface area (Å²) in [6.45, 7) is 5.08. The Labute approximate surface area is 213 Å². The van der Waals surface area contributed by atoms with E-state index in [9.17, 15) is 23.9 Å². The van der Waals surface area contributed by atoms with Crippen LogP contribution in [-0.4, -0.2) is 29.0 Å². The summed E-state index contributed by atoms with van der Waals surface area (Å²) in [5.74, 6) is -0.690. The number of imidazole rings is 1. The molecule has 3 heterocycles. The third-order valence-corrected chi connectivity index (χ3v) is 6.86. The van der Waals surface area contributed by atoms with Crippen molar-refractivity contribution in [2.75, 3.05) is 0 Å². The van der Waals surface area contributed by atoms with Crippen molar-refractivity contribution in [3.05, 3.63) is 109 Å². The van der Waals surface area contributed by atoms with Crippen molar-refractivity contribution >= 4 is 27.6 Å². The number of aliphatic hydroxyl groups is 1. The van der Waals surface area contributed by atoms with E-state index in [4.69, 9.17) is 0 Å². The lowest BCUT2D eigenvalue weighted by molar-refractivity contribution is 0.0787. The minimum atomic E-state index is -1.11. The molecule has 0 unspecified atom stereocenters. The largest absolute Gasteiger partial charge is 0.386 e. The third kappa shape index (κ3) is 3.41. The van der Waals surface area contributed by atoms with Gasteiger partial charge in [-0.2, -0.15) is 0 Å². The van der Waals surface area contributed by atoms with Crippen LogP contribution in [0.15, 0.2) is 75.2 Å². The van der Waals surface area contributed by atoms with E-state index in [0.29, 0.717) is 39.1 Å². The molecule has 3 aromatic carbocycles. The number of fused-ring (bicyclic) bond motifs is 4. The van der Waals surface area contributed by atoms with Crippen molar-refractivity contribution in [3.8, 4) is 16.9 Å². The van der Waals surface area contributed by atoms with Gasteiger partial charge in [0.25, 0.3) is 11.1 Å². The summed E-state index contributed by atoms with van der Waals surface area (Å²) >= 11 is 0. The summed E-state index contributed by atoms with van der Waals surface area (Å²) in [7, 11) is 0. The van der Waals surface area contributed by atoms with E-state index in [2.05, 4.69) is 15.0 Å². The Morgan fingerprint density at radius 1 is 1.00 bits per heavy atom. The molecule has 0 radical (unpaired) electrons. The topological polar surface area (TPSA) is 125 Å². The first-order valence-electron chi connectivity index (χ1n) is 11.9. The van der Waals surface area contributed by atoms with Gasteiger partial charge in [-0.25, -0.2) is 18.7 Å². The lowest BCUT2D eigenvalue weighted by Gasteiger charge is -2.18. The SMILES string of the molecule is Cc1c(-c2cnc3c(=O)[nH]c4cc(C(C)(C)O)ccc4n23)cccc1-n1c(=O)[nH]c2c(F)cccc2c1=O. The molecule has 0 saturated heterocycles. The highest BCUT2D eigenvalue weighted by Gasteiger charge is 2.21. The predicted molar refractivity (Wildman–Crippen MR) is 142 cm³/mol. The maximum atomic E-state index is 14.2. The molecular weight excluding hydrogens is 489 g/mol. The molecule has 0 aliphatic carbocycles. The van der Waals surface area contributed by atoms with Gasteiger partial charge < -0.3 is 15.1 Å². The first-order valence-corrected chi connectivity index (χ1v) is 11.9. The van der Waals surface area contributed by atoms with Crippen LogP contribution in [0, 0.1) is 12.7 Å². The van der Waals surface area contributed by atoms with E-state index in [1.54, 1.807) is 67.8 Å². The fraction of sp³-hybridized carbons (Fsp3) is 0.143. The highest BCUT2D eigenvalue weighted by atomic mass is 19.1. The van der Waals surface area contributed by atoms with E-state index in [-0.39, 0.29) is 16.6 Å². The minimum absolute atomic E-state index is 0.0457. The zero-order valence-electron chi connectivity index (χ0n) is 20.7. The number of benzene rings is 3. The van der Waals surface area contributed by atoms with Crippen molar-refractivity contribution in [2.45, 2.75) is 26.4 Å². The number of rotatable bonds is 3. The van der Waals surface area contributed by atoms with E-state index in [1.807, 2.05) is 0 Å². The Hall–Kier alpha value is -4.83. The maximum absolute atomic E-state index is 14.2. The molecule has 0 amide bonds. The number of nitrogens with zero attached hydrogens (tertiary/aromatic N) is 3. The highest BCUT2D eigenvalue weighted by Crippen LogP contribution is 2.30. The lowest BCUT2D eigenvalue weighted by Crippen LogP contribution is -2.34. The molecule has 0 fully saturated rings.